The molecule has 0 aliphatic carbocycles. The smallest absolute Gasteiger partial charge is 0.233 e. The second kappa shape index (κ2) is 7.55. The largest absolute Gasteiger partial charge is 0.368 e. The van der Waals surface area contributed by atoms with Crippen LogP contribution in [0.4, 0.5) is 5.69 Å². The monoisotopic (exact) mass is 367 g/mol. The molecule has 0 radical (unpaired) electrons. The van der Waals surface area contributed by atoms with Gasteiger partial charge in [0.25, 0.3) is 0 Å². The maximum Gasteiger partial charge on any atom is 0.233 e. The Balaban J connectivity index is 1.49. The summed E-state index contributed by atoms with van der Waals surface area (Å²) in [5.41, 5.74) is 2.14. The van der Waals surface area contributed by atoms with E-state index in [1.54, 1.807) is 11.3 Å². The Hall–Kier alpha value is -1.24. The summed E-state index contributed by atoms with van der Waals surface area (Å²) in [6, 6.07) is 7.87. The minimum atomic E-state index is 0.189. The maximum absolute atomic E-state index is 12.3. The van der Waals surface area contributed by atoms with E-state index in [2.05, 4.69) is 16.0 Å². The first-order valence-electron chi connectivity index (χ1n) is 7.45. The molecule has 0 unspecified atom stereocenters. The van der Waals surface area contributed by atoms with Gasteiger partial charge >= 0.3 is 0 Å². The highest BCUT2D eigenvalue weighted by atomic mass is 35.5. The zero-order valence-corrected chi connectivity index (χ0v) is 15.3. The van der Waals surface area contributed by atoms with Crippen LogP contribution in [0.1, 0.15) is 5.69 Å². The molecule has 1 aliphatic rings. The third kappa shape index (κ3) is 4.40. The molecule has 0 bridgehead atoms. The molecule has 1 fully saturated rings. The van der Waals surface area contributed by atoms with Crippen molar-refractivity contribution < 1.29 is 4.79 Å². The van der Waals surface area contributed by atoms with Gasteiger partial charge in [-0.15, -0.1) is 11.3 Å². The number of hydrogen-bond donors (Lipinski definition) is 0. The number of piperazine rings is 1. The van der Waals surface area contributed by atoms with Gasteiger partial charge in [0.05, 0.1) is 5.75 Å². The molecule has 2 aromatic rings. The van der Waals surface area contributed by atoms with Crippen LogP contribution < -0.4 is 4.90 Å². The highest BCUT2D eigenvalue weighted by molar-refractivity contribution is 8.01. The van der Waals surface area contributed by atoms with Crippen LogP contribution in [0.3, 0.4) is 0 Å². The Morgan fingerprint density at radius 1 is 1.35 bits per heavy atom. The zero-order valence-electron chi connectivity index (χ0n) is 12.9. The van der Waals surface area contributed by atoms with E-state index < -0.39 is 0 Å². The minimum absolute atomic E-state index is 0.189. The van der Waals surface area contributed by atoms with Crippen molar-refractivity contribution in [3.8, 4) is 0 Å². The van der Waals surface area contributed by atoms with Crippen molar-refractivity contribution in [3.63, 3.8) is 0 Å². The SMILES string of the molecule is Cc1csc(SCC(=O)N2CCN(c3cccc(Cl)c3)CC2)n1. The van der Waals surface area contributed by atoms with Crippen molar-refractivity contribution in [2.75, 3.05) is 36.8 Å². The quantitative estimate of drug-likeness (QED) is 0.774. The molecule has 1 amide bonds. The van der Waals surface area contributed by atoms with E-state index >= 15 is 0 Å². The Labute approximate surface area is 149 Å². The molecule has 0 saturated carbocycles. The van der Waals surface area contributed by atoms with Gasteiger partial charge in [0.2, 0.25) is 5.91 Å². The van der Waals surface area contributed by atoms with E-state index in [0.29, 0.717) is 5.75 Å². The molecule has 7 heteroatoms. The molecular weight excluding hydrogens is 350 g/mol. The van der Waals surface area contributed by atoms with Gasteiger partial charge in [-0.05, 0) is 25.1 Å². The summed E-state index contributed by atoms with van der Waals surface area (Å²) >= 11 is 9.17. The predicted octanol–water partition coefficient (Wildman–Crippen LogP) is 3.55. The summed E-state index contributed by atoms with van der Waals surface area (Å²) in [7, 11) is 0. The highest BCUT2D eigenvalue weighted by Crippen LogP contribution is 2.24. The second-order valence-electron chi connectivity index (χ2n) is 5.39. The highest BCUT2D eigenvalue weighted by Gasteiger charge is 2.21. The van der Waals surface area contributed by atoms with Gasteiger partial charge in [0.1, 0.15) is 0 Å². The number of aryl methyl sites for hydroxylation is 1. The lowest BCUT2D eigenvalue weighted by Gasteiger charge is -2.36. The van der Waals surface area contributed by atoms with E-state index in [1.807, 2.05) is 35.4 Å². The van der Waals surface area contributed by atoms with Crippen LogP contribution in [0, 0.1) is 6.92 Å². The first-order chi connectivity index (χ1) is 11.1. The minimum Gasteiger partial charge on any atom is -0.368 e. The number of thioether (sulfide) groups is 1. The van der Waals surface area contributed by atoms with Gasteiger partial charge in [0, 0.05) is 48.0 Å². The molecule has 2 heterocycles. The maximum atomic E-state index is 12.3. The van der Waals surface area contributed by atoms with E-state index in [1.165, 1.54) is 11.8 Å². The van der Waals surface area contributed by atoms with E-state index in [-0.39, 0.29) is 5.91 Å². The number of carbonyl (C=O) groups is 1. The van der Waals surface area contributed by atoms with Crippen molar-refractivity contribution in [1.82, 2.24) is 9.88 Å². The van der Waals surface area contributed by atoms with Crippen molar-refractivity contribution in [1.29, 1.82) is 0 Å². The van der Waals surface area contributed by atoms with Crippen LogP contribution in [0.2, 0.25) is 5.02 Å². The van der Waals surface area contributed by atoms with Crippen LogP contribution in [0.15, 0.2) is 34.0 Å². The fourth-order valence-electron chi connectivity index (χ4n) is 2.50. The Kier molecular flexibility index (Phi) is 5.46. The van der Waals surface area contributed by atoms with Gasteiger partial charge in [0.15, 0.2) is 4.34 Å². The Morgan fingerprint density at radius 3 is 2.78 bits per heavy atom. The zero-order chi connectivity index (χ0) is 16.2. The lowest BCUT2D eigenvalue weighted by molar-refractivity contribution is -0.128. The fourth-order valence-corrected chi connectivity index (χ4v) is 4.44. The molecule has 0 spiro atoms. The topological polar surface area (TPSA) is 36.4 Å². The standard InChI is InChI=1S/C16H18ClN3OS2/c1-12-10-22-16(18-12)23-11-15(21)20-7-5-19(6-8-20)14-4-2-3-13(17)9-14/h2-4,9-10H,5-8,11H2,1H3. The number of anilines is 1. The number of thiazole rings is 1. The summed E-state index contributed by atoms with van der Waals surface area (Å²) in [5.74, 6) is 0.651. The van der Waals surface area contributed by atoms with E-state index in [4.69, 9.17) is 11.6 Å². The van der Waals surface area contributed by atoms with Crippen LogP contribution in [-0.2, 0) is 4.79 Å². The second-order valence-corrected chi connectivity index (χ2v) is 7.91. The average Bonchev–Trinajstić information content (AvgIpc) is 2.98. The number of amides is 1. The lowest BCUT2D eigenvalue weighted by Crippen LogP contribution is -2.49. The van der Waals surface area contributed by atoms with Gasteiger partial charge < -0.3 is 9.80 Å². The number of rotatable bonds is 4. The molecule has 1 aromatic heterocycles. The Bertz CT molecular complexity index is 683. The van der Waals surface area contributed by atoms with Crippen LogP contribution in [0.25, 0.3) is 0 Å². The van der Waals surface area contributed by atoms with Crippen molar-refractivity contribution in [2.45, 2.75) is 11.3 Å². The lowest BCUT2D eigenvalue weighted by atomic mass is 10.2. The summed E-state index contributed by atoms with van der Waals surface area (Å²) in [6.45, 7) is 5.16. The van der Waals surface area contributed by atoms with E-state index in [9.17, 15) is 4.79 Å². The van der Waals surface area contributed by atoms with Gasteiger partial charge in [-0.3, -0.25) is 4.79 Å². The molecule has 0 atom stereocenters. The molecule has 0 N–H and O–H groups in total. The van der Waals surface area contributed by atoms with Gasteiger partial charge in [-0.2, -0.15) is 0 Å². The number of aromatic nitrogens is 1. The number of halogens is 1. The molecule has 4 nitrogen and oxygen atoms in total. The summed E-state index contributed by atoms with van der Waals surface area (Å²) in [4.78, 5) is 20.9. The molecule has 122 valence electrons. The first kappa shape index (κ1) is 16.6. The average molecular weight is 368 g/mol. The molecule has 1 saturated heterocycles. The van der Waals surface area contributed by atoms with Crippen LogP contribution >= 0.6 is 34.7 Å². The summed E-state index contributed by atoms with van der Waals surface area (Å²) in [5, 5.41) is 2.76. The van der Waals surface area contributed by atoms with Gasteiger partial charge in [-0.1, -0.05) is 29.4 Å². The summed E-state index contributed by atoms with van der Waals surface area (Å²) in [6.07, 6.45) is 0. The third-order valence-electron chi connectivity index (χ3n) is 3.72. The third-order valence-corrected chi connectivity index (χ3v) is 6.08. The Morgan fingerprint density at radius 2 is 2.13 bits per heavy atom. The fraction of sp³-hybridized carbons (Fsp3) is 0.375. The molecular formula is C16H18ClN3OS2. The molecule has 23 heavy (non-hydrogen) atoms. The first-order valence-corrected chi connectivity index (χ1v) is 9.69. The van der Waals surface area contributed by atoms with Crippen molar-refractivity contribution in [2.24, 2.45) is 0 Å². The predicted molar refractivity (Wildman–Crippen MR) is 97.8 cm³/mol. The number of hydrogen-bond acceptors (Lipinski definition) is 5. The van der Waals surface area contributed by atoms with Gasteiger partial charge in [-0.25, -0.2) is 4.98 Å². The number of nitrogens with zero attached hydrogens (tertiary/aromatic N) is 3. The van der Waals surface area contributed by atoms with Crippen molar-refractivity contribution in [3.05, 3.63) is 40.4 Å². The van der Waals surface area contributed by atoms with Crippen LogP contribution in [0.5, 0.6) is 0 Å². The molecule has 3 rings (SSSR count). The molecule has 1 aliphatic heterocycles. The van der Waals surface area contributed by atoms with E-state index in [0.717, 1.165) is 46.9 Å². The number of carbonyl (C=O) groups excluding carboxylic acids is 1. The molecule has 1 aromatic carbocycles. The number of benzene rings is 1. The van der Waals surface area contributed by atoms with Crippen molar-refractivity contribution >= 4 is 46.3 Å². The van der Waals surface area contributed by atoms with Crippen LogP contribution in [-0.4, -0.2) is 47.7 Å². The summed E-state index contributed by atoms with van der Waals surface area (Å²) < 4.78 is 0.966. The normalized spacial score (nSPS) is 15.0.